The van der Waals surface area contributed by atoms with Crippen molar-refractivity contribution in [3.8, 4) is 0 Å². The molecule has 2 heterocycles. The molecule has 1 aromatic heterocycles. The first-order valence-electron chi connectivity index (χ1n) is 7.91. The van der Waals surface area contributed by atoms with Crippen LogP contribution >= 0.6 is 0 Å². The maximum atomic E-state index is 9.58. The number of likely N-dealkylation sites (tertiary alicyclic amines) is 1. The fourth-order valence-corrected chi connectivity index (χ4v) is 2.88. The topological polar surface area (TPSA) is 53.3 Å². The van der Waals surface area contributed by atoms with Crippen LogP contribution in [0.2, 0.25) is 0 Å². The number of aliphatic hydroxyl groups excluding tert-OH is 1. The minimum Gasteiger partial charge on any atom is -0.393 e. The van der Waals surface area contributed by atoms with Crippen LogP contribution in [0, 0.1) is 0 Å². The molecule has 0 unspecified atom stereocenters. The minimum absolute atomic E-state index is 0.108. The molecule has 1 aromatic carbocycles. The Morgan fingerprint density at radius 2 is 2.09 bits per heavy atom. The molecule has 5 nitrogen and oxygen atoms in total. The molecule has 3 rings (SSSR count). The lowest BCUT2D eigenvalue weighted by Crippen LogP contribution is -2.35. The number of benzene rings is 1. The summed E-state index contributed by atoms with van der Waals surface area (Å²) in [6.07, 6.45) is 3.48. The zero-order valence-corrected chi connectivity index (χ0v) is 13.1. The van der Waals surface area contributed by atoms with Gasteiger partial charge in [-0.25, -0.2) is 0 Å². The predicted octanol–water partition coefficient (Wildman–Crippen LogP) is 1.99. The van der Waals surface area contributed by atoms with Gasteiger partial charge in [0.15, 0.2) is 0 Å². The summed E-state index contributed by atoms with van der Waals surface area (Å²) in [5.41, 5.74) is 3.61. The van der Waals surface area contributed by atoms with Gasteiger partial charge in [-0.3, -0.25) is 9.58 Å². The summed E-state index contributed by atoms with van der Waals surface area (Å²) in [5, 5.41) is 17.2. The number of nitrogens with one attached hydrogen (secondary N) is 1. The first-order valence-corrected chi connectivity index (χ1v) is 7.91. The third-order valence-corrected chi connectivity index (χ3v) is 4.29. The van der Waals surface area contributed by atoms with Crippen molar-refractivity contribution in [2.24, 2.45) is 7.05 Å². The smallest absolute Gasteiger partial charge is 0.0571 e. The maximum absolute atomic E-state index is 9.58. The quantitative estimate of drug-likeness (QED) is 0.887. The van der Waals surface area contributed by atoms with Crippen LogP contribution in [0.15, 0.2) is 36.5 Å². The van der Waals surface area contributed by atoms with Gasteiger partial charge in [0.1, 0.15) is 0 Å². The molecule has 0 atom stereocenters. The van der Waals surface area contributed by atoms with Gasteiger partial charge in [-0.2, -0.15) is 5.10 Å². The third kappa shape index (κ3) is 3.87. The summed E-state index contributed by atoms with van der Waals surface area (Å²) in [5.74, 6) is 0. The normalized spacial score (nSPS) is 16.8. The SMILES string of the molecule is Cn1nccc1CNc1cccc(CN2CCC(O)CC2)c1. The first-order chi connectivity index (χ1) is 10.7. The highest BCUT2D eigenvalue weighted by atomic mass is 16.3. The van der Waals surface area contributed by atoms with Crippen LogP contribution in [0.25, 0.3) is 0 Å². The van der Waals surface area contributed by atoms with Gasteiger partial charge in [-0.1, -0.05) is 12.1 Å². The first kappa shape index (κ1) is 15.1. The minimum atomic E-state index is -0.108. The Bertz CT molecular complexity index is 602. The second kappa shape index (κ2) is 6.94. The van der Waals surface area contributed by atoms with Gasteiger partial charge in [0, 0.05) is 38.6 Å². The zero-order chi connectivity index (χ0) is 15.4. The molecule has 118 valence electrons. The van der Waals surface area contributed by atoms with E-state index >= 15 is 0 Å². The van der Waals surface area contributed by atoms with Crippen LogP contribution in [0.1, 0.15) is 24.1 Å². The van der Waals surface area contributed by atoms with E-state index < -0.39 is 0 Å². The molecule has 0 bridgehead atoms. The van der Waals surface area contributed by atoms with Gasteiger partial charge < -0.3 is 10.4 Å². The van der Waals surface area contributed by atoms with Gasteiger partial charge in [0.05, 0.1) is 18.3 Å². The number of hydrogen-bond acceptors (Lipinski definition) is 4. The summed E-state index contributed by atoms with van der Waals surface area (Å²) < 4.78 is 1.88. The lowest BCUT2D eigenvalue weighted by Gasteiger charge is -2.29. The molecule has 0 aliphatic carbocycles. The van der Waals surface area contributed by atoms with Crippen molar-refractivity contribution in [3.63, 3.8) is 0 Å². The van der Waals surface area contributed by atoms with Gasteiger partial charge in [-0.05, 0) is 36.6 Å². The van der Waals surface area contributed by atoms with E-state index in [0.717, 1.165) is 50.4 Å². The molecular weight excluding hydrogens is 276 g/mol. The van der Waals surface area contributed by atoms with Crippen LogP contribution in [0.4, 0.5) is 5.69 Å². The lowest BCUT2D eigenvalue weighted by atomic mass is 10.1. The Morgan fingerprint density at radius 3 is 2.82 bits per heavy atom. The average Bonchev–Trinajstić information content (AvgIpc) is 2.93. The van der Waals surface area contributed by atoms with Crippen molar-refractivity contribution in [2.75, 3.05) is 18.4 Å². The van der Waals surface area contributed by atoms with E-state index in [9.17, 15) is 5.11 Å². The molecule has 1 aliphatic rings. The summed E-state index contributed by atoms with van der Waals surface area (Å²) in [6.45, 7) is 3.69. The Balaban J connectivity index is 1.57. The monoisotopic (exact) mass is 300 g/mol. The molecule has 1 fully saturated rings. The van der Waals surface area contributed by atoms with Crippen molar-refractivity contribution < 1.29 is 5.11 Å². The van der Waals surface area contributed by atoms with E-state index in [1.165, 1.54) is 5.56 Å². The number of nitrogens with zero attached hydrogens (tertiary/aromatic N) is 3. The molecule has 0 amide bonds. The highest BCUT2D eigenvalue weighted by Crippen LogP contribution is 2.17. The molecule has 0 radical (unpaired) electrons. The van der Waals surface area contributed by atoms with E-state index in [0.29, 0.717) is 0 Å². The van der Waals surface area contributed by atoms with Crippen LogP contribution in [0.3, 0.4) is 0 Å². The predicted molar refractivity (Wildman–Crippen MR) is 87.5 cm³/mol. The Kier molecular flexibility index (Phi) is 4.75. The van der Waals surface area contributed by atoms with E-state index in [-0.39, 0.29) is 6.10 Å². The van der Waals surface area contributed by atoms with Crippen molar-refractivity contribution in [1.82, 2.24) is 14.7 Å². The van der Waals surface area contributed by atoms with Crippen molar-refractivity contribution >= 4 is 5.69 Å². The van der Waals surface area contributed by atoms with Crippen molar-refractivity contribution in [1.29, 1.82) is 0 Å². The van der Waals surface area contributed by atoms with Gasteiger partial charge >= 0.3 is 0 Å². The highest BCUT2D eigenvalue weighted by Gasteiger charge is 2.16. The maximum Gasteiger partial charge on any atom is 0.0571 e. The largest absolute Gasteiger partial charge is 0.393 e. The highest BCUT2D eigenvalue weighted by molar-refractivity contribution is 5.46. The Labute approximate surface area is 131 Å². The molecule has 1 saturated heterocycles. The average molecular weight is 300 g/mol. The third-order valence-electron chi connectivity index (χ3n) is 4.29. The molecule has 2 N–H and O–H groups in total. The molecular formula is C17H24N4O. The number of aromatic nitrogens is 2. The number of piperidine rings is 1. The molecule has 5 heteroatoms. The summed E-state index contributed by atoms with van der Waals surface area (Å²) in [6, 6.07) is 10.6. The molecule has 2 aromatic rings. The number of aryl methyl sites for hydroxylation is 1. The van der Waals surface area contributed by atoms with Gasteiger partial charge in [0.25, 0.3) is 0 Å². The standard InChI is InChI=1S/C17H24N4O/c1-20-16(5-8-19-20)12-18-15-4-2-3-14(11-15)13-21-9-6-17(22)7-10-21/h2-5,8,11,17-18,22H,6-7,9-10,12-13H2,1H3. The fourth-order valence-electron chi connectivity index (χ4n) is 2.88. The summed E-state index contributed by atoms with van der Waals surface area (Å²) in [7, 11) is 1.96. The van der Waals surface area contributed by atoms with Crippen molar-refractivity contribution in [2.45, 2.75) is 32.0 Å². The second-order valence-electron chi connectivity index (χ2n) is 6.01. The van der Waals surface area contributed by atoms with Crippen LogP contribution in [0.5, 0.6) is 0 Å². The van der Waals surface area contributed by atoms with E-state index in [2.05, 4.69) is 39.6 Å². The van der Waals surface area contributed by atoms with E-state index in [1.54, 1.807) is 0 Å². The fraction of sp³-hybridized carbons (Fsp3) is 0.471. The molecule has 1 aliphatic heterocycles. The summed E-state index contributed by atoms with van der Waals surface area (Å²) >= 11 is 0. The van der Waals surface area contributed by atoms with Gasteiger partial charge in [0.2, 0.25) is 0 Å². The van der Waals surface area contributed by atoms with Crippen molar-refractivity contribution in [3.05, 3.63) is 47.8 Å². The molecule has 0 spiro atoms. The second-order valence-corrected chi connectivity index (χ2v) is 6.01. The number of hydrogen-bond donors (Lipinski definition) is 2. The Hall–Kier alpha value is -1.85. The van der Waals surface area contributed by atoms with Crippen LogP contribution in [-0.2, 0) is 20.1 Å². The van der Waals surface area contributed by atoms with E-state index in [1.807, 2.05) is 24.0 Å². The van der Waals surface area contributed by atoms with E-state index in [4.69, 9.17) is 0 Å². The number of anilines is 1. The Morgan fingerprint density at radius 1 is 1.27 bits per heavy atom. The molecule has 0 saturated carbocycles. The zero-order valence-electron chi connectivity index (χ0n) is 13.1. The number of rotatable bonds is 5. The number of aliphatic hydroxyl groups is 1. The molecule has 22 heavy (non-hydrogen) atoms. The lowest BCUT2D eigenvalue weighted by molar-refractivity contribution is 0.0792. The van der Waals surface area contributed by atoms with Crippen LogP contribution in [-0.4, -0.2) is 39.0 Å². The summed E-state index contributed by atoms with van der Waals surface area (Å²) in [4.78, 5) is 2.41. The van der Waals surface area contributed by atoms with Gasteiger partial charge in [-0.15, -0.1) is 0 Å². The van der Waals surface area contributed by atoms with Crippen LogP contribution < -0.4 is 5.32 Å².